The number of nitrogens with one attached hydrogen (secondary N) is 1. The van der Waals surface area contributed by atoms with Crippen LogP contribution in [0.5, 0.6) is 0 Å². The van der Waals surface area contributed by atoms with E-state index in [-0.39, 0.29) is 11.8 Å². The van der Waals surface area contributed by atoms with Crippen LogP contribution in [0.15, 0.2) is 48.8 Å². The van der Waals surface area contributed by atoms with E-state index in [9.17, 15) is 4.79 Å². The van der Waals surface area contributed by atoms with Gasteiger partial charge in [0.25, 0.3) is 0 Å². The van der Waals surface area contributed by atoms with Gasteiger partial charge >= 0.3 is 0 Å². The number of benzene rings is 1. The topological polar surface area (TPSA) is 62.5 Å². The molecule has 1 saturated heterocycles. The Kier molecular flexibility index (Phi) is 5.55. The molecule has 6 heteroatoms. The average Bonchev–Trinajstić information content (AvgIpc) is 3.19. The van der Waals surface area contributed by atoms with E-state index in [0.717, 1.165) is 67.9 Å². The number of nitrogens with zero attached hydrogens (tertiary/aromatic N) is 4. The van der Waals surface area contributed by atoms with E-state index in [1.165, 1.54) is 0 Å². The van der Waals surface area contributed by atoms with E-state index in [1.54, 1.807) is 6.20 Å². The summed E-state index contributed by atoms with van der Waals surface area (Å²) in [7, 11) is 0. The number of unbranched alkanes of at least 4 members (excludes halogenated alkanes) is 1. The zero-order chi connectivity index (χ0) is 19.3. The molecule has 6 nitrogen and oxygen atoms in total. The average molecular weight is 377 g/mol. The van der Waals surface area contributed by atoms with Gasteiger partial charge in [0, 0.05) is 43.5 Å². The Hall–Kier alpha value is -2.89. The summed E-state index contributed by atoms with van der Waals surface area (Å²) >= 11 is 0. The molecule has 0 saturated carbocycles. The number of amides is 1. The van der Waals surface area contributed by atoms with Crippen molar-refractivity contribution in [1.82, 2.24) is 19.9 Å². The number of carbonyl (C=O) groups excluding carboxylic acids is 1. The zero-order valence-electron chi connectivity index (χ0n) is 16.3. The number of carbonyl (C=O) groups is 1. The lowest BCUT2D eigenvalue weighted by atomic mass is 9.96. The molecule has 28 heavy (non-hydrogen) atoms. The van der Waals surface area contributed by atoms with Crippen molar-refractivity contribution in [2.45, 2.75) is 32.6 Å². The van der Waals surface area contributed by atoms with Gasteiger partial charge in [0.2, 0.25) is 5.91 Å². The van der Waals surface area contributed by atoms with Crippen molar-refractivity contribution in [3.63, 3.8) is 0 Å². The Labute approximate surface area is 165 Å². The molecule has 1 N–H and O–H groups in total. The van der Waals surface area contributed by atoms with Crippen LogP contribution < -0.4 is 10.2 Å². The van der Waals surface area contributed by atoms with E-state index < -0.39 is 0 Å². The van der Waals surface area contributed by atoms with E-state index in [1.807, 2.05) is 28.9 Å². The highest BCUT2D eigenvalue weighted by Gasteiger charge is 2.26. The molecule has 0 unspecified atom stereocenters. The minimum atomic E-state index is 0.109. The number of fused-ring (bicyclic) bond motifs is 1. The highest BCUT2D eigenvalue weighted by atomic mass is 16.1. The van der Waals surface area contributed by atoms with Crippen molar-refractivity contribution < 1.29 is 4.79 Å². The van der Waals surface area contributed by atoms with Gasteiger partial charge in [-0.2, -0.15) is 5.10 Å². The van der Waals surface area contributed by atoms with Gasteiger partial charge in [-0.05, 0) is 25.3 Å². The van der Waals surface area contributed by atoms with Gasteiger partial charge in [0.15, 0.2) is 5.82 Å². The molecule has 0 spiro atoms. The first-order valence-electron chi connectivity index (χ1n) is 10.2. The molecule has 146 valence electrons. The molecule has 1 aliphatic heterocycles. The van der Waals surface area contributed by atoms with Gasteiger partial charge in [0.05, 0.1) is 5.69 Å². The summed E-state index contributed by atoms with van der Waals surface area (Å²) < 4.78 is 1.90. The first-order chi connectivity index (χ1) is 13.8. The highest BCUT2D eigenvalue weighted by Crippen LogP contribution is 2.28. The van der Waals surface area contributed by atoms with Crippen LogP contribution in [0.1, 0.15) is 32.6 Å². The first-order valence-corrected chi connectivity index (χ1v) is 10.2. The van der Waals surface area contributed by atoms with Gasteiger partial charge in [-0.3, -0.25) is 4.79 Å². The largest absolute Gasteiger partial charge is 0.356 e. The van der Waals surface area contributed by atoms with E-state index in [0.29, 0.717) is 0 Å². The van der Waals surface area contributed by atoms with Crippen molar-refractivity contribution in [2.24, 2.45) is 5.92 Å². The number of hydrogen-bond donors (Lipinski definition) is 1. The maximum atomic E-state index is 12.3. The molecule has 1 amide bonds. The summed E-state index contributed by atoms with van der Waals surface area (Å²) in [5, 5.41) is 7.78. The quantitative estimate of drug-likeness (QED) is 0.668. The SMILES string of the molecule is CCCCNC(=O)C1CCN(c2nccn3nc(-c4ccccc4)cc23)CC1. The molecule has 0 atom stereocenters. The van der Waals surface area contributed by atoms with Crippen molar-refractivity contribution in [3.8, 4) is 11.3 Å². The summed E-state index contributed by atoms with van der Waals surface area (Å²) in [5.74, 6) is 1.26. The molecule has 1 fully saturated rings. The second-order valence-corrected chi connectivity index (χ2v) is 7.38. The van der Waals surface area contributed by atoms with E-state index >= 15 is 0 Å². The third kappa shape index (κ3) is 3.86. The molecular formula is C22H27N5O. The lowest BCUT2D eigenvalue weighted by Crippen LogP contribution is -2.41. The standard InChI is InChI=1S/C22H27N5O/c1-2-3-11-24-22(28)18-9-13-26(14-10-18)21-20-16-19(17-7-5-4-6-8-17)25-27(20)15-12-23-21/h4-8,12,15-16,18H,2-3,9-11,13-14H2,1H3,(H,24,28). The smallest absolute Gasteiger partial charge is 0.223 e. The summed E-state index contributed by atoms with van der Waals surface area (Å²) in [4.78, 5) is 19.2. The summed E-state index contributed by atoms with van der Waals surface area (Å²) in [6.45, 7) is 4.60. The monoisotopic (exact) mass is 377 g/mol. The highest BCUT2D eigenvalue weighted by molar-refractivity contribution is 5.79. The van der Waals surface area contributed by atoms with Crippen LogP contribution in [0, 0.1) is 5.92 Å². The molecule has 0 radical (unpaired) electrons. The molecule has 3 aromatic rings. The Bertz CT molecular complexity index is 929. The van der Waals surface area contributed by atoms with Crippen molar-refractivity contribution in [2.75, 3.05) is 24.5 Å². The lowest BCUT2D eigenvalue weighted by molar-refractivity contribution is -0.125. The summed E-state index contributed by atoms with van der Waals surface area (Å²) in [6.07, 6.45) is 7.56. The van der Waals surface area contributed by atoms with Gasteiger partial charge in [-0.15, -0.1) is 0 Å². The molecule has 3 heterocycles. The fourth-order valence-electron chi connectivity index (χ4n) is 3.79. The maximum Gasteiger partial charge on any atom is 0.223 e. The Morgan fingerprint density at radius 2 is 2.00 bits per heavy atom. The van der Waals surface area contributed by atoms with Gasteiger partial charge in [-0.25, -0.2) is 9.50 Å². The van der Waals surface area contributed by atoms with Crippen LogP contribution in [0.4, 0.5) is 5.82 Å². The molecule has 1 aliphatic rings. The molecular weight excluding hydrogens is 350 g/mol. The number of hydrogen-bond acceptors (Lipinski definition) is 4. The molecule has 0 aliphatic carbocycles. The maximum absolute atomic E-state index is 12.3. The summed E-state index contributed by atoms with van der Waals surface area (Å²) in [5.41, 5.74) is 3.05. The van der Waals surface area contributed by atoms with Gasteiger partial charge < -0.3 is 10.2 Å². The van der Waals surface area contributed by atoms with Crippen molar-refractivity contribution >= 4 is 17.2 Å². The second kappa shape index (κ2) is 8.42. The number of rotatable bonds is 6. The Morgan fingerprint density at radius 1 is 1.21 bits per heavy atom. The van der Waals surface area contributed by atoms with Crippen LogP contribution in [0.2, 0.25) is 0 Å². The van der Waals surface area contributed by atoms with Gasteiger partial charge in [0.1, 0.15) is 5.52 Å². The van der Waals surface area contributed by atoms with E-state index in [4.69, 9.17) is 5.10 Å². The number of anilines is 1. The second-order valence-electron chi connectivity index (χ2n) is 7.38. The minimum Gasteiger partial charge on any atom is -0.356 e. The Balaban J connectivity index is 1.48. The van der Waals surface area contributed by atoms with Crippen LogP contribution in [-0.4, -0.2) is 40.1 Å². The predicted molar refractivity (Wildman–Crippen MR) is 111 cm³/mol. The predicted octanol–water partition coefficient (Wildman–Crippen LogP) is 3.53. The minimum absolute atomic E-state index is 0.109. The zero-order valence-corrected chi connectivity index (χ0v) is 16.3. The van der Waals surface area contributed by atoms with Crippen LogP contribution in [-0.2, 0) is 4.79 Å². The molecule has 1 aromatic carbocycles. The van der Waals surface area contributed by atoms with Crippen LogP contribution >= 0.6 is 0 Å². The lowest BCUT2D eigenvalue weighted by Gasteiger charge is -2.32. The molecule has 4 rings (SSSR count). The third-order valence-corrected chi connectivity index (χ3v) is 5.43. The fourth-order valence-corrected chi connectivity index (χ4v) is 3.79. The van der Waals surface area contributed by atoms with Gasteiger partial charge in [-0.1, -0.05) is 43.7 Å². The van der Waals surface area contributed by atoms with Crippen molar-refractivity contribution in [3.05, 3.63) is 48.8 Å². The third-order valence-electron chi connectivity index (χ3n) is 5.43. The number of aromatic nitrogens is 3. The van der Waals surface area contributed by atoms with Crippen molar-refractivity contribution in [1.29, 1.82) is 0 Å². The van der Waals surface area contributed by atoms with E-state index in [2.05, 4.69) is 40.3 Å². The van der Waals surface area contributed by atoms with Crippen LogP contribution in [0.3, 0.4) is 0 Å². The Morgan fingerprint density at radius 3 is 2.75 bits per heavy atom. The first kappa shape index (κ1) is 18.5. The fraction of sp³-hybridized carbons (Fsp3) is 0.409. The molecule has 2 aromatic heterocycles. The summed E-state index contributed by atoms with van der Waals surface area (Å²) in [6, 6.07) is 12.3. The normalized spacial score (nSPS) is 15.1. The van der Waals surface area contributed by atoms with Crippen LogP contribution in [0.25, 0.3) is 16.8 Å². The molecule has 0 bridgehead atoms. The number of piperidine rings is 1.